The van der Waals surface area contributed by atoms with E-state index in [1.165, 1.54) is 0 Å². The van der Waals surface area contributed by atoms with Gasteiger partial charge in [-0.25, -0.2) is 4.98 Å². The number of nitrogens with one attached hydrogen (secondary N) is 1. The molecule has 2 N–H and O–H groups in total. The van der Waals surface area contributed by atoms with Gasteiger partial charge in [-0.05, 0) is 40.7 Å². The molecule has 0 aliphatic carbocycles. The van der Waals surface area contributed by atoms with Gasteiger partial charge >= 0.3 is 0 Å². The van der Waals surface area contributed by atoms with E-state index < -0.39 is 0 Å². The molecule has 5 heteroatoms. The van der Waals surface area contributed by atoms with Crippen LogP contribution in [0.25, 0.3) is 10.2 Å². The molecule has 4 nitrogen and oxygen atoms in total. The summed E-state index contributed by atoms with van der Waals surface area (Å²) in [5, 5.41) is 15.9. The fourth-order valence-electron chi connectivity index (χ4n) is 2.96. The van der Waals surface area contributed by atoms with E-state index in [4.69, 9.17) is 0 Å². The van der Waals surface area contributed by atoms with Crippen LogP contribution < -0.4 is 5.43 Å². The Bertz CT molecular complexity index is 923. The van der Waals surface area contributed by atoms with E-state index >= 15 is 0 Å². The topological polar surface area (TPSA) is 57.5 Å². The molecular formula is C22H27N3OS. The molecule has 27 heavy (non-hydrogen) atoms. The van der Waals surface area contributed by atoms with Crippen molar-refractivity contribution in [2.24, 2.45) is 5.10 Å². The van der Waals surface area contributed by atoms with Gasteiger partial charge in [0.1, 0.15) is 5.75 Å². The number of hydrazone groups is 1. The Morgan fingerprint density at radius 2 is 1.59 bits per heavy atom. The quantitative estimate of drug-likeness (QED) is 0.429. The summed E-state index contributed by atoms with van der Waals surface area (Å²) in [7, 11) is 0. The Kier molecular flexibility index (Phi) is 5.00. The molecule has 0 atom stereocenters. The van der Waals surface area contributed by atoms with Gasteiger partial charge in [0, 0.05) is 11.1 Å². The maximum absolute atomic E-state index is 10.8. The van der Waals surface area contributed by atoms with E-state index in [-0.39, 0.29) is 10.8 Å². The van der Waals surface area contributed by atoms with Gasteiger partial charge in [-0.2, -0.15) is 5.10 Å². The number of fused-ring (bicyclic) bond motifs is 1. The van der Waals surface area contributed by atoms with Crippen LogP contribution in [0.4, 0.5) is 5.13 Å². The van der Waals surface area contributed by atoms with Gasteiger partial charge in [-0.1, -0.05) is 65.0 Å². The highest BCUT2D eigenvalue weighted by Gasteiger charge is 2.26. The molecule has 2 aromatic carbocycles. The number of thiazole rings is 1. The van der Waals surface area contributed by atoms with Crippen LogP contribution in [0.5, 0.6) is 5.75 Å². The number of benzene rings is 2. The molecule has 0 spiro atoms. The van der Waals surface area contributed by atoms with Crippen molar-refractivity contribution < 1.29 is 5.11 Å². The first kappa shape index (κ1) is 19.4. The number of aromatic hydroxyl groups is 1. The first-order valence-electron chi connectivity index (χ1n) is 9.08. The zero-order chi connectivity index (χ0) is 19.8. The van der Waals surface area contributed by atoms with E-state index in [1.807, 2.05) is 36.4 Å². The first-order valence-corrected chi connectivity index (χ1v) is 9.90. The number of rotatable bonds is 3. The average Bonchev–Trinajstić information content (AvgIpc) is 2.96. The number of aromatic nitrogens is 1. The molecule has 0 saturated heterocycles. The minimum absolute atomic E-state index is 0.158. The molecule has 0 aliphatic heterocycles. The van der Waals surface area contributed by atoms with Crippen molar-refractivity contribution in [2.45, 2.75) is 52.4 Å². The molecule has 0 saturated carbocycles. The van der Waals surface area contributed by atoms with Gasteiger partial charge < -0.3 is 5.11 Å². The second-order valence-electron chi connectivity index (χ2n) is 8.82. The number of phenolic OH excluding ortho intramolecular Hbond substituents is 1. The van der Waals surface area contributed by atoms with Crippen molar-refractivity contribution in [3.63, 3.8) is 0 Å². The second kappa shape index (κ2) is 6.97. The number of hydrogen-bond donors (Lipinski definition) is 2. The zero-order valence-corrected chi connectivity index (χ0v) is 17.6. The average molecular weight is 382 g/mol. The van der Waals surface area contributed by atoms with Crippen LogP contribution in [-0.2, 0) is 10.8 Å². The molecule has 0 bridgehead atoms. The number of phenols is 1. The van der Waals surface area contributed by atoms with Crippen molar-refractivity contribution >= 4 is 32.9 Å². The maximum atomic E-state index is 10.8. The largest absolute Gasteiger partial charge is 0.507 e. The molecule has 1 aromatic heterocycles. The summed E-state index contributed by atoms with van der Waals surface area (Å²) in [6.45, 7) is 12.6. The van der Waals surface area contributed by atoms with Gasteiger partial charge in [0.2, 0.25) is 5.13 Å². The van der Waals surface area contributed by atoms with Gasteiger partial charge in [0.25, 0.3) is 0 Å². The highest BCUT2D eigenvalue weighted by molar-refractivity contribution is 7.22. The first-order chi connectivity index (χ1) is 12.6. The third kappa shape index (κ3) is 4.30. The summed E-state index contributed by atoms with van der Waals surface area (Å²) in [5.41, 5.74) is 6.49. The van der Waals surface area contributed by atoms with Gasteiger partial charge in [-0.3, -0.25) is 5.43 Å². The smallest absolute Gasteiger partial charge is 0.204 e. The lowest BCUT2D eigenvalue weighted by atomic mass is 9.78. The molecular weight excluding hydrogens is 354 g/mol. The highest BCUT2D eigenvalue weighted by atomic mass is 32.1. The Hall–Kier alpha value is -2.40. The Morgan fingerprint density at radius 3 is 2.15 bits per heavy atom. The lowest BCUT2D eigenvalue weighted by Crippen LogP contribution is -2.17. The monoisotopic (exact) mass is 381 g/mol. The van der Waals surface area contributed by atoms with Crippen LogP contribution in [0.2, 0.25) is 0 Å². The number of para-hydroxylation sites is 1. The van der Waals surface area contributed by atoms with Crippen LogP contribution >= 0.6 is 11.3 Å². The lowest BCUT2D eigenvalue weighted by Gasteiger charge is -2.27. The van der Waals surface area contributed by atoms with Crippen molar-refractivity contribution in [3.05, 3.63) is 53.1 Å². The summed E-state index contributed by atoms with van der Waals surface area (Å²) in [6, 6.07) is 12.0. The van der Waals surface area contributed by atoms with Gasteiger partial charge in [0.15, 0.2) is 0 Å². The SMILES string of the molecule is CC(C)(C)c1cc(/C=N/Nc2nc3ccccc3s2)cc(C(C)(C)C)c1O. The summed E-state index contributed by atoms with van der Waals surface area (Å²) < 4.78 is 1.13. The Balaban J connectivity index is 1.92. The van der Waals surface area contributed by atoms with Crippen LogP contribution in [0.1, 0.15) is 58.2 Å². The van der Waals surface area contributed by atoms with E-state index in [9.17, 15) is 5.11 Å². The van der Waals surface area contributed by atoms with Crippen LogP contribution in [0.3, 0.4) is 0 Å². The number of hydrogen-bond acceptors (Lipinski definition) is 5. The predicted molar refractivity (Wildman–Crippen MR) is 116 cm³/mol. The molecule has 3 rings (SSSR count). The summed E-state index contributed by atoms with van der Waals surface area (Å²) in [5.74, 6) is 0.381. The fourth-order valence-corrected chi connectivity index (χ4v) is 3.77. The molecule has 1 heterocycles. The van der Waals surface area contributed by atoms with E-state index in [0.29, 0.717) is 5.75 Å². The third-order valence-corrected chi connectivity index (χ3v) is 5.36. The minimum atomic E-state index is -0.158. The van der Waals surface area contributed by atoms with Gasteiger partial charge in [0.05, 0.1) is 16.4 Å². The van der Waals surface area contributed by atoms with Crippen molar-refractivity contribution in [3.8, 4) is 5.75 Å². The number of anilines is 1. The standard InChI is InChI=1S/C22H27N3OS/c1-21(2,3)15-11-14(12-16(19(15)26)22(4,5)6)13-23-25-20-24-17-9-7-8-10-18(17)27-20/h7-13,26H,1-6H3,(H,24,25)/b23-13+. The zero-order valence-electron chi connectivity index (χ0n) is 16.8. The van der Waals surface area contributed by atoms with E-state index in [1.54, 1.807) is 17.6 Å². The molecule has 0 amide bonds. The summed E-state index contributed by atoms with van der Waals surface area (Å²) in [6.07, 6.45) is 1.79. The Labute approximate surface area is 165 Å². The molecule has 0 radical (unpaired) electrons. The van der Waals surface area contributed by atoms with Gasteiger partial charge in [-0.15, -0.1) is 0 Å². The third-order valence-electron chi connectivity index (χ3n) is 4.42. The normalized spacial score (nSPS) is 12.8. The van der Waals surface area contributed by atoms with E-state index in [2.05, 4.69) is 57.1 Å². The van der Waals surface area contributed by atoms with Crippen molar-refractivity contribution in [2.75, 3.05) is 5.43 Å². The van der Waals surface area contributed by atoms with Crippen LogP contribution in [0, 0.1) is 0 Å². The molecule has 142 valence electrons. The summed E-state index contributed by atoms with van der Waals surface area (Å²) in [4.78, 5) is 4.53. The maximum Gasteiger partial charge on any atom is 0.204 e. The second-order valence-corrected chi connectivity index (χ2v) is 9.85. The molecule has 3 aromatic rings. The lowest BCUT2D eigenvalue weighted by molar-refractivity contribution is 0.423. The Morgan fingerprint density at radius 1 is 1.00 bits per heavy atom. The number of nitrogens with zero attached hydrogens (tertiary/aromatic N) is 2. The van der Waals surface area contributed by atoms with Crippen molar-refractivity contribution in [1.82, 2.24) is 4.98 Å². The molecule has 0 unspecified atom stereocenters. The fraction of sp³-hybridized carbons (Fsp3) is 0.364. The highest BCUT2D eigenvalue weighted by Crippen LogP contribution is 2.39. The molecule has 0 fully saturated rings. The predicted octanol–water partition coefficient (Wildman–Crippen LogP) is 6.04. The summed E-state index contributed by atoms with van der Waals surface area (Å²) >= 11 is 1.57. The molecule has 0 aliphatic rings. The minimum Gasteiger partial charge on any atom is -0.507 e. The van der Waals surface area contributed by atoms with E-state index in [0.717, 1.165) is 32.0 Å². The van der Waals surface area contributed by atoms with Crippen LogP contribution in [0.15, 0.2) is 41.5 Å². The van der Waals surface area contributed by atoms with Crippen molar-refractivity contribution in [1.29, 1.82) is 0 Å². The van der Waals surface area contributed by atoms with Crippen LogP contribution in [-0.4, -0.2) is 16.3 Å².